The predicted molar refractivity (Wildman–Crippen MR) is 94.0 cm³/mol. The van der Waals surface area contributed by atoms with Crippen LogP contribution >= 0.6 is 0 Å². The zero-order chi connectivity index (χ0) is 18.4. The summed E-state index contributed by atoms with van der Waals surface area (Å²) in [6.45, 7) is 0.750. The average Bonchev–Trinajstić information content (AvgIpc) is 2.67. The molecule has 6 nitrogen and oxygen atoms in total. The van der Waals surface area contributed by atoms with Gasteiger partial charge in [0.05, 0.1) is 19.8 Å². The van der Waals surface area contributed by atoms with Gasteiger partial charge in [-0.25, -0.2) is 0 Å². The normalized spacial score (nSPS) is 28.8. The van der Waals surface area contributed by atoms with Gasteiger partial charge in [-0.15, -0.1) is 0 Å². The fourth-order valence-corrected chi connectivity index (χ4v) is 2.89. The van der Waals surface area contributed by atoms with Crippen LogP contribution < -0.4 is 0 Å². The van der Waals surface area contributed by atoms with Crippen molar-refractivity contribution < 1.29 is 29.5 Å². The molecule has 0 aliphatic carbocycles. The van der Waals surface area contributed by atoms with Gasteiger partial charge in [0, 0.05) is 0 Å². The second-order valence-electron chi connectivity index (χ2n) is 6.31. The summed E-state index contributed by atoms with van der Waals surface area (Å²) in [6.07, 6.45) is -5.69. The Morgan fingerprint density at radius 2 is 1.35 bits per heavy atom. The highest BCUT2D eigenvalue weighted by Gasteiger charge is 2.44. The monoisotopic (exact) mass is 360 g/mol. The first-order valence-electron chi connectivity index (χ1n) is 8.62. The van der Waals surface area contributed by atoms with Crippen molar-refractivity contribution >= 4 is 0 Å². The maximum atomic E-state index is 10.3. The Hall–Kier alpha value is -1.80. The molecule has 0 spiro atoms. The molecule has 1 fully saturated rings. The molecule has 1 heterocycles. The van der Waals surface area contributed by atoms with E-state index in [-0.39, 0.29) is 13.2 Å². The van der Waals surface area contributed by atoms with E-state index in [0.717, 1.165) is 11.1 Å². The molecular weight excluding hydrogens is 336 g/mol. The van der Waals surface area contributed by atoms with Gasteiger partial charge in [-0.3, -0.25) is 0 Å². The molecule has 0 radical (unpaired) electrons. The third kappa shape index (κ3) is 4.88. The smallest absolute Gasteiger partial charge is 0.184 e. The Morgan fingerprint density at radius 1 is 0.769 bits per heavy atom. The predicted octanol–water partition coefficient (Wildman–Crippen LogP) is 1.23. The number of aliphatic hydroxyl groups excluding tert-OH is 3. The Kier molecular flexibility index (Phi) is 6.73. The number of rotatable bonds is 7. The summed E-state index contributed by atoms with van der Waals surface area (Å²) in [7, 11) is 0. The van der Waals surface area contributed by atoms with Gasteiger partial charge in [0.2, 0.25) is 0 Å². The van der Waals surface area contributed by atoms with Crippen molar-refractivity contribution in [2.24, 2.45) is 0 Å². The van der Waals surface area contributed by atoms with Crippen molar-refractivity contribution in [1.82, 2.24) is 0 Å². The topological polar surface area (TPSA) is 88.4 Å². The standard InChI is InChI=1S/C20H24O6/c21-17-18(22)20(23)26-16(13-24-11-14-7-3-1-4-8-14)19(17)25-12-15-9-5-2-6-10-15/h1-10,16-23H,11-13H2/t16-,17-,18+,19+,20+/m1/s1. The minimum atomic E-state index is -1.48. The highest BCUT2D eigenvalue weighted by Crippen LogP contribution is 2.24. The van der Waals surface area contributed by atoms with E-state index in [2.05, 4.69) is 0 Å². The van der Waals surface area contributed by atoms with Crippen LogP contribution in [0.15, 0.2) is 60.7 Å². The van der Waals surface area contributed by atoms with Gasteiger partial charge >= 0.3 is 0 Å². The van der Waals surface area contributed by atoms with E-state index >= 15 is 0 Å². The Labute approximate surface area is 152 Å². The van der Waals surface area contributed by atoms with Crippen molar-refractivity contribution in [3.63, 3.8) is 0 Å². The van der Waals surface area contributed by atoms with Crippen LogP contribution in [0.2, 0.25) is 0 Å². The molecule has 0 amide bonds. The first kappa shape index (κ1) is 19.0. The molecule has 2 aromatic carbocycles. The van der Waals surface area contributed by atoms with Gasteiger partial charge in [0.1, 0.15) is 24.4 Å². The zero-order valence-electron chi connectivity index (χ0n) is 14.3. The molecular formula is C20H24O6. The summed E-state index contributed by atoms with van der Waals surface area (Å²) in [6, 6.07) is 19.2. The maximum absolute atomic E-state index is 10.3. The third-order valence-electron chi connectivity index (χ3n) is 4.34. The van der Waals surface area contributed by atoms with E-state index in [0.29, 0.717) is 6.61 Å². The van der Waals surface area contributed by atoms with E-state index in [4.69, 9.17) is 14.2 Å². The first-order valence-corrected chi connectivity index (χ1v) is 8.62. The SMILES string of the molecule is O[C@@H]1[C@H](O)[C@@H](O)O[C@H](COCc2ccccc2)[C@@H]1OCc1ccccc1. The summed E-state index contributed by atoms with van der Waals surface area (Å²) >= 11 is 0. The number of aliphatic hydroxyl groups is 3. The van der Waals surface area contributed by atoms with E-state index in [1.807, 2.05) is 60.7 Å². The summed E-state index contributed by atoms with van der Waals surface area (Å²) in [5.41, 5.74) is 1.94. The second kappa shape index (κ2) is 9.23. The van der Waals surface area contributed by atoms with Crippen molar-refractivity contribution in [2.75, 3.05) is 6.61 Å². The van der Waals surface area contributed by atoms with Gasteiger partial charge in [-0.2, -0.15) is 0 Å². The largest absolute Gasteiger partial charge is 0.387 e. The van der Waals surface area contributed by atoms with Crippen LogP contribution in [0.4, 0.5) is 0 Å². The van der Waals surface area contributed by atoms with Crippen molar-refractivity contribution in [3.05, 3.63) is 71.8 Å². The first-order chi connectivity index (χ1) is 12.6. The highest BCUT2D eigenvalue weighted by atomic mass is 16.7. The molecule has 3 N–H and O–H groups in total. The Bertz CT molecular complexity index is 650. The van der Waals surface area contributed by atoms with Crippen LogP contribution in [0.5, 0.6) is 0 Å². The average molecular weight is 360 g/mol. The third-order valence-corrected chi connectivity index (χ3v) is 4.34. The summed E-state index contributed by atoms with van der Waals surface area (Å²) in [4.78, 5) is 0. The quantitative estimate of drug-likeness (QED) is 0.688. The lowest BCUT2D eigenvalue weighted by atomic mass is 9.99. The lowest BCUT2D eigenvalue weighted by molar-refractivity contribution is -0.298. The molecule has 1 aliphatic rings. The summed E-state index contributed by atoms with van der Waals surface area (Å²) in [5.74, 6) is 0. The molecule has 1 saturated heterocycles. The minimum Gasteiger partial charge on any atom is -0.387 e. The van der Waals surface area contributed by atoms with Crippen molar-refractivity contribution in [2.45, 2.75) is 43.9 Å². The molecule has 0 unspecified atom stereocenters. The molecule has 0 aromatic heterocycles. The van der Waals surface area contributed by atoms with Crippen LogP contribution in [0, 0.1) is 0 Å². The van der Waals surface area contributed by atoms with E-state index in [9.17, 15) is 15.3 Å². The summed E-state index contributed by atoms with van der Waals surface area (Å²) in [5, 5.41) is 30.0. The van der Waals surface area contributed by atoms with Crippen LogP contribution in [-0.2, 0) is 27.4 Å². The van der Waals surface area contributed by atoms with E-state index in [1.54, 1.807) is 0 Å². The zero-order valence-corrected chi connectivity index (χ0v) is 14.3. The highest BCUT2D eigenvalue weighted by molar-refractivity contribution is 5.14. The van der Waals surface area contributed by atoms with Crippen molar-refractivity contribution in [3.8, 4) is 0 Å². The fraction of sp³-hybridized carbons (Fsp3) is 0.400. The van der Waals surface area contributed by atoms with Crippen LogP contribution in [0.1, 0.15) is 11.1 Å². The van der Waals surface area contributed by atoms with Crippen LogP contribution in [0.25, 0.3) is 0 Å². The maximum Gasteiger partial charge on any atom is 0.184 e. The van der Waals surface area contributed by atoms with E-state index in [1.165, 1.54) is 0 Å². The molecule has 0 saturated carbocycles. The Morgan fingerprint density at radius 3 is 1.96 bits per heavy atom. The molecule has 140 valence electrons. The van der Waals surface area contributed by atoms with Gasteiger partial charge in [0.15, 0.2) is 6.29 Å². The van der Waals surface area contributed by atoms with E-state index < -0.39 is 30.7 Å². The van der Waals surface area contributed by atoms with Gasteiger partial charge < -0.3 is 29.5 Å². The van der Waals surface area contributed by atoms with Gasteiger partial charge in [-0.1, -0.05) is 60.7 Å². The molecule has 2 aromatic rings. The van der Waals surface area contributed by atoms with Gasteiger partial charge in [0.25, 0.3) is 0 Å². The molecule has 1 aliphatic heterocycles. The van der Waals surface area contributed by atoms with Crippen LogP contribution in [0.3, 0.4) is 0 Å². The van der Waals surface area contributed by atoms with Crippen molar-refractivity contribution in [1.29, 1.82) is 0 Å². The molecule has 26 heavy (non-hydrogen) atoms. The Balaban J connectivity index is 1.59. The number of hydrogen-bond acceptors (Lipinski definition) is 6. The minimum absolute atomic E-state index is 0.120. The lowest BCUT2D eigenvalue weighted by Crippen LogP contribution is -2.59. The molecule has 5 atom stereocenters. The lowest BCUT2D eigenvalue weighted by Gasteiger charge is -2.40. The second-order valence-corrected chi connectivity index (χ2v) is 6.31. The molecule has 3 rings (SSSR count). The van der Waals surface area contributed by atoms with Gasteiger partial charge in [-0.05, 0) is 11.1 Å². The number of hydrogen-bond donors (Lipinski definition) is 3. The van der Waals surface area contributed by atoms with Crippen LogP contribution in [-0.4, -0.2) is 52.6 Å². The molecule has 6 heteroatoms. The molecule has 0 bridgehead atoms. The number of benzene rings is 2. The fourth-order valence-electron chi connectivity index (χ4n) is 2.89. The number of ether oxygens (including phenoxy) is 3. The summed E-state index contributed by atoms with van der Waals surface area (Å²) < 4.78 is 16.9.